The molecule has 0 bridgehead atoms. The van der Waals surface area contributed by atoms with Crippen molar-refractivity contribution in [1.82, 2.24) is 15.1 Å². The monoisotopic (exact) mass is 227 g/mol. The van der Waals surface area contributed by atoms with Gasteiger partial charge in [-0.3, -0.25) is 4.68 Å². The average Bonchev–Trinajstić information content (AvgIpc) is 2.94. The number of nitrogens with one attached hydrogen (secondary N) is 1. The molecule has 1 aliphatic rings. The minimum atomic E-state index is 0.508. The molecule has 0 spiro atoms. The predicted molar refractivity (Wildman–Crippen MR) is 68.8 cm³/mol. The summed E-state index contributed by atoms with van der Waals surface area (Å²) in [4.78, 5) is 0. The molecule has 17 heavy (non-hydrogen) atoms. The zero-order chi connectivity index (χ0) is 11.8. The molecule has 0 saturated carbocycles. The van der Waals surface area contributed by atoms with Crippen LogP contribution in [0, 0.1) is 0 Å². The van der Waals surface area contributed by atoms with Crippen molar-refractivity contribution in [2.45, 2.75) is 18.9 Å². The molecule has 3 nitrogen and oxygen atoms in total. The van der Waals surface area contributed by atoms with Crippen molar-refractivity contribution in [2.75, 3.05) is 7.05 Å². The normalized spacial score (nSPS) is 18.4. The van der Waals surface area contributed by atoms with E-state index in [-0.39, 0.29) is 0 Å². The first-order chi connectivity index (χ1) is 8.29. The first kappa shape index (κ1) is 10.5. The van der Waals surface area contributed by atoms with Crippen LogP contribution in [0.15, 0.2) is 30.5 Å². The number of aryl methyl sites for hydroxylation is 1. The lowest BCUT2D eigenvalue weighted by Gasteiger charge is -2.11. The molecule has 0 amide bonds. The van der Waals surface area contributed by atoms with Crippen LogP contribution in [0.1, 0.15) is 23.6 Å². The lowest BCUT2D eigenvalue weighted by Crippen LogP contribution is -2.12. The van der Waals surface area contributed by atoms with Gasteiger partial charge >= 0.3 is 0 Å². The first-order valence-corrected chi connectivity index (χ1v) is 6.08. The number of rotatable bonds is 2. The third kappa shape index (κ3) is 1.67. The number of hydrogen-bond acceptors (Lipinski definition) is 2. The summed E-state index contributed by atoms with van der Waals surface area (Å²) in [5, 5.41) is 7.88. The van der Waals surface area contributed by atoms with E-state index in [9.17, 15) is 0 Å². The highest BCUT2D eigenvalue weighted by Gasteiger charge is 2.23. The lowest BCUT2D eigenvalue weighted by atomic mass is 10.0. The molecule has 2 aromatic rings. The van der Waals surface area contributed by atoms with Gasteiger partial charge in [-0.1, -0.05) is 18.2 Å². The smallest absolute Gasteiger partial charge is 0.0925 e. The Bertz CT molecular complexity index is 542. The Hall–Kier alpha value is -1.61. The van der Waals surface area contributed by atoms with Gasteiger partial charge in [0.1, 0.15) is 0 Å². The molecule has 3 rings (SSSR count). The third-order valence-corrected chi connectivity index (χ3v) is 3.61. The number of benzene rings is 1. The number of fused-ring (bicyclic) bond motifs is 1. The van der Waals surface area contributed by atoms with E-state index in [1.54, 1.807) is 0 Å². The van der Waals surface area contributed by atoms with Gasteiger partial charge in [0.05, 0.1) is 5.69 Å². The van der Waals surface area contributed by atoms with Crippen molar-refractivity contribution in [1.29, 1.82) is 0 Å². The highest BCUT2D eigenvalue weighted by atomic mass is 15.2. The molecule has 88 valence electrons. The summed E-state index contributed by atoms with van der Waals surface area (Å²) in [6.07, 6.45) is 4.34. The number of aromatic nitrogens is 2. The van der Waals surface area contributed by atoms with Gasteiger partial charge in [-0.25, -0.2) is 0 Å². The summed E-state index contributed by atoms with van der Waals surface area (Å²) in [5.74, 6) is 0. The molecule has 0 saturated heterocycles. The zero-order valence-electron chi connectivity index (χ0n) is 10.3. The number of hydrogen-bond donors (Lipinski definition) is 1. The second-order valence-corrected chi connectivity index (χ2v) is 4.63. The predicted octanol–water partition coefficient (Wildman–Crippen LogP) is 2.29. The molecule has 0 aliphatic heterocycles. The quantitative estimate of drug-likeness (QED) is 0.853. The SMILES string of the molecule is CNC1CCc2c(-c3ccn(C)n3)cccc21. The van der Waals surface area contributed by atoms with E-state index in [0.717, 1.165) is 12.1 Å². The van der Waals surface area contributed by atoms with Crippen LogP contribution < -0.4 is 5.32 Å². The van der Waals surface area contributed by atoms with E-state index in [2.05, 4.69) is 34.7 Å². The van der Waals surface area contributed by atoms with E-state index in [1.165, 1.54) is 23.1 Å². The Balaban J connectivity index is 2.11. The molecular weight excluding hydrogens is 210 g/mol. The maximum atomic E-state index is 4.51. The number of nitrogens with zero attached hydrogens (tertiary/aromatic N) is 2. The van der Waals surface area contributed by atoms with Crippen LogP contribution in [0.4, 0.5) is 0 Å². The van der Waals surface area contributed by atoms with E-state index < -0.39 is 0 Å². The highest BCUT2D eigenvalue weighted by Crippen LogP contribution is 2.36. The topological polar surface area (TPSA) is 29.9 Å². The summed E-state index contributed by atoms with van der Waals surface area (Å²) in [5.41, 5.74) is 5.28. The van der Waals surface area contributed by atoms with E-state index in [4.69, 9.17) is 0 Å². The summed E-state index contributed by atoms with van der Waals surface area (Å²) >= 11 is 0. The standard InChI is InChI=1S/C14H17N3/c1-15-13-7-6-10-11(13)4-3-5-12(10)14-8-9-17(2)16-14/h3-5,8-9,13,15H,6-7H2,1-2H3. The maximum Gasteiger partial charge on any atom is 0.0925 e. The van der Waals surface area contributed by atoms with E-state index >= 15 is 0 Å². The second kappa shape index (κ2) is 4.00. The van der Waals surface area contributed by atoms with Gasteiger partial charge < -0.3 is 5.32 Å². The second-order valence-electron chi connectivity index (χ2n) is 4.63. The molecule has 3 heteroatoms. The van der Waals surface area contributed by atoms with Gasteiger partial charge in [-0.05, 0) is 37.1 Å². The van der Waals surface area contributed by atoms with Crippen molar-refractivity contribution in [3.8, 4) is 11.3 Å². The average molecular weight is 227 g/mol. The molecule has 1 aliphatic carbocycles. The highest BCUT2D eigenvalue weighted by molar-refractivity contribution is 5.66. The third-order valence-electron chi connectivity index (χ3n) is 3.61. The maximum absolute atomic E-state index is 4.51. The van der Waals surface area contributed by atoms with Crippen LogP contribution in [-0.4, -0.2) is 16.8 Å². The summed E-state index contributed by atoms with van der Waals surface area (Å²) < 4.78 is 1.86. The van der Waals surface area contributed by atoms with Crippen LogP contribution in [0.25, 0.3) is 11.3 Å². The van der Waals surface area contributed by atoms with Crippen molar-refractivity contribution in [2.24, 2.45) is 7.05 Å². The fraction of sp³-hybridized carbons (Fsp3) is 0.357. The van der Waals surface area contributed by atoms with Crippen molar-refractivity contribution in [3.05, 3.63) is 41.6 Å². The Kier molecular flexibility index (Phi) is 2.48. The van der Waals surface area contributed by atoms with Crippen LogP contribution in [0.2, 0.25) is 0 Å². The molecule has 1 aromatic carbocycles. The largest absolute Gasteiger partial charge is 0.313 e. The zero-order valence-corrected chi connectivity index (χ0v) is 10.3. The molecule has 1 heterocycles. The molecular formula is C14H17N3. The van der Waals surface area contributed by atoms with Gasteiger partial charge in [0.25, 0.3) is 0 Å². The summed E-state index contributed by atoms with van der Waals surface area (Å²) in [7, 11) is 4.00. The van der Waals surface area contributed by atoms with E-state index in [1.807, 2.05) is 25.0 Å². The van der Waals surface area contributed by atoms with Gasteiger partial charge in [0.2, 0.25) is 0 Å². The summed E-state index contributed by atoms with van der Waals surface area (Å²) in [6.45, 7) is 0. The molecule has 0 radical (unpaired) electrons. The minimum absolute atomic E-state index is 0.508. The van der Waals surface area contributed by atoms with Crippen LogP contribution in [0.5, 0.6) is 0 Å². The summed E-state index contributed by atoms with van der Waals surface area (Å²) in [6, 6.07) is 9.14. The van der Waals surface area contributed by atoms with Crippen LogP contribution in [-0.2, 0) is 13.5 Å². The lowest BCUT2D eigenvalue weighted by molar-refractivity contribution is 0.590. The van der Waals surface area contributed by atoms with Gasteiger partial charge in [0, 0.05) is 24.8 Å². The fourth-order valence-electron chi connectivity index (χ4n) is 2.75. The Morgan fingerprint density at radius 3 is 2.94 bits per heavy atom. The van der Waals surface area contributed by atoms with Gasteiger partial charge in [-0.2, -0.15) is 5.10 Å². The molecule has 1 N–H and O–H groups in total. The van der Waals surface area contributed by atoms with Crippen molar-refractivity contribution < 1.29 is 0 Å². The van der Waals surface area contributed by atoms with Crippen LogP contribution >= 0.6 is 0 Å². The van der Waals surface area contributed by atoms with Gasteiger partial charge in [0.15, 0.2) is 0 Å². The van der Waals surface area contributed by atoms with Gasteiger partial charge in [-0.15, -0.1) is 0 Å². The van der Waals surface area contributed by atoms with E-state index in [0.29, 0.717) is 6.04 Å². The minimum Gasteiger partial charge on any atom is -0.313 e. The molecule has 1 unspecified atom stereocenters. The Labute approximate surface area is 101 Å². The molecule has 1 atom stereocenters. The van der Waals surface area contributed by atoms with Crippen molar-refractivity contribution >= 4 is 0 Å². The van der Waals surface area contributed by atoms with Crippen LogP contribution in [0.3, 0.4) is 0 Å². The van der Waals surface area contributed by atoms with Crippen molar-refractivity contribution in [3.63, 3.8) is 0 Å². The fourth-order valence-corrected chi connectivity index (χ4v) is 2.75. The Morgan fingerprint density at radius 2 is 2.24 bits per heavy atom. The first-order valence-electron chi connectivity index (χ1n) is 6.08. The molecule has 1 aromatic heterocycles. The Morgan fingerprint density at radius 1 is 1.35 bits per heavy atom. The molecule has 0 fully saturated rings.